The van der Waals surface area contributed by atoms with Crippen LogP contribution >= 0.6 is 0 Å². The predicted octanol–water partition coefficient (Wildman–Crippen LogP) is 3.50. The molecule has 0 saturated carbocycles. The van der Waals surface area contributed by atoms with Gasteiger partial charge in [-0.05, 0) is 23.8 Å². The molecule has 2 rings (SSSR count). The van der Waals surface area contributed by atoms with Gasteiger partial charge in [0.1, 0.15) is 5.75 Å². The normalized spacial score (nSPS) is 12.3. The van der Waals surface area contributed by atoms with Gasteiger partial charge in [0.2, 0.25) is 0 Å². The maximum absolute atomic E-state index is 5.44. The van der Waals surface area contributed by atoms with Crippen LogP contribution in [0.25, 0.3) is 0 Å². The van der Waals surface area contributed by atoms with Gasteiger partial charge >= 0.3 is 0 Å². The fourth-order valence-electron chi connectivity index (χ4n) is 2.66. The molecule has 2 N–H and O–H groups in total. The Bertz CT molecular complexity index is 747. The number of hydrogen-bond donors (Lipinski definition) is 2. The molecule has 6 nitrogen and oxygen atoms in total. The number of rotatable bonds is 7. The Balaban J connectivity index is 2.02. The third-order valence-electron chi connectivity index (χ3n) is 4.12. The van der Waals surface area contributed by atoms with E-state index in [1.807, 2.05) is 36.4 Å². The van der Waals surface area contributed by atoms with Crippen LogP contribution in [0.2, 0.25) is 0 Å². The number of guanidine groups is 1. The van der Waals surface area contributed by atoms with Gasteiger partial charge in [0.05, 0.1) is 21.3 Å². The van der Waals surface area contributed by atoms with E-state index in [1.165, 1.54) is 0 Å². The number of para-hydroxylation sites is 1. The van der Waals surface area contributed by atoms with Crippen molar-refractivity contribution in [1.29, 1.82) is 0 Å². The monoisotopic (exact) mass is 357 g/mol. The van der Waals surface area contributed by atoms with Crippen molar-refractivity contribution in [3.8, 4) is 17.2 Å². The summed E-state index contributed by atoms with van der Waals surface area (Å²) in [4.78, 5) is 4.28. The Hall–Kier alpha value is -2.89. The van der Waals surface area contributed by atoms with E-state index in [0.717, 1.165) is 17.0 Å². The number of nitrogens with zero attached hydrogens (tertiary/aromatic N) is 1. The predicted molar refractivity (Wildman–Crippen MR) is 106 cm³/mol. The van der Waals surface area contributed by atoms with Gasteiger partial charge in [-0.2, -0.15) is 0 Å². The third kappa shape index (κ3) is 4.81. The van der Waals surface area contributed by atoms with E-state index in [4.69, 9.17) is 14.2 Å². The van der Waals surface area contributed by atoms with Gasteiger partial charge in [0.25, 0.3) is 0 Å². The summed E-state index contributed by atoms with van der Waals surface area (Å²) in [5.74, 6) is 3.18. The Labute approximate surface area is 155 Å². The summed E-state index contributed by atoms with van der Waals surface area (Å²) in [7, 11) is 6.66. The molecular formula is C20H27N3O3. The van der Waals surface area contributed by atoms with Crippen molar-refractivity contribution < 1.29 is 14.2 Å². The second-order valence-electron chi connectivity index (χ2n) is 5.79. The van der Waals surface area contributed by atoms with Crippen LogP contribution in [0.5, 0.6) is 17.2 Å². The van der Waals surface area contributed by atoms with Crippen molar-refractivity contribution in [2.75, 3.05) is 40.2 Å². The van der Waals surface area contributed by atoms with Gasteiger partial charge in [-0.1, -0.05) is 25.1 Å². The number of hydrogen-bond acceptors (Lipinski definition) is 4. The fraction of sp³-hybridized carbons (Fsp3) is 0.350. The summed E-state index contributed by atoms with van der Waals surface area (Å²) in [6.07, 6.45) is 0. The zero-order valence-electron chi connectivity index (χ0n) is 16.0. The largest absolute Gasteiger partial charge is 0.496 e. The van der Waals surface area contributed by atoms with Gasteiger partial charge in [0.15, 0.2) is 17.5 Å². The minimum atomic E-state index is 0.259. The average molecular weight is 357 g/mol. The Morgan fingerprint density at radius 2 is 1.65 bits per heavy atom. The van der Waals surface area contributed by atoms with Crippen LogP contribution in [0.1, 0.15) is 18.4 Å². The van der Waals surface area contributed by atoms with Crippen molar-refractivity contribution in [3.05, 3.63) is 48.0 Å². The minimum absolute atomic E-state index is 0.259. The van der Waals surface area contributed by atoms with Gasteiger partial charge < -0.3 is 24.8 Å². The smallest absolute Gasteiger partial charge is 0.195 e. The quantitative estimate of drug-likeness (QED) is 0.586. The summed E-state index contributed by atoms with van der Waals surface area (Å²) in [6.45, 7) is 2.86. The molecule has 0 aliphatic carbocycles. The summed E-state index contributed by atoms with van der Waals surface area (Å²) in [6, 6.07) is 13.7. The number of ether oxygens (including phenoxy) is 3. The highest BCUT2D eigenvalue weighted by molar-refractivity contribution is 5.93. The molecule has 0 heterocycles. The van der Waals surface area contributed by atoms with E-state index in [-0.39, 0.29) is 5.92 Å². The fourth-order valence-corrected chi connectivity index (χ4v) is 2.66. The van der Waals surface area contributed by atoms with E-state index < -0.39 is 0 Å². The van der Waals surface area contributed by atoms with Gasteiger partial charge in [-0.3, -0.25) is 4.99 Å². The van der Waals surface area contributed by atoms with Crippen molar-refractivity contribution in [2.45, 2.75) is 12.8 Å². The van der Waals surface area contributed by atoms with E-state index >= 15 is 0 Å². The highest BCUT2D eigenvalue weighted by Crippen LogP contribution is 2.29. The van der Waals surface area contributed by atoms with Gasteiger partial charge in [-0.15, -0.1) is 0 Å². The van der Waals surface area contributed by atoms with Gasteiger partial charge in [-0.25, -0.2) is 0 Å². The lowest BCUT2D eigenvalue weighted by molar-refractivity contribution is 0.355. The van der Waals surface area contributed by atoms with Crippen molar-refractivity contribution in [2.24, 2.45) is 4.99 Å². The van der Waals surface area contributed by atoms with Crippen LogP contribution in [0, 0.1) is 0 Å². The number of aliphatic imine (C=N–C) groups is 1. The van der Waals surface area contributed by atoms with E-state index in [2.05, 4.69) is 28.6 Å². The summed E-state index contributed by atoms with van der Waals surface area (Å²) >= 11 is 0. The maximum Gasteiger partial charge on any atom is 0.195 e. The number of benzene rings is 2. The van der Waals surface area contributed by atoms with E-state index in [1.54, 1.807) is 28.4 Å². The molecule has 0 spiro atoms. The summed E-state index contributed by atoms with van der Waals surface area (Å²) in [5.41, 5.74) is 2.02. The second kappa shape index (κ2) is 9.56. The first-order valence-corrected chi connectivity index (χ1v) is 8.45. The SMILES string of the molecule is CN=C(NCC(C)c1ccccc1OC)Nc1ccc(OC)c(OC)c1. The molecule has 2 aromatic rings. The molecule has 0 amide bonds. The van der Waals surface area contributed by atoms with Crippen LogP contribution in [-0.4, -0.2) is 40.9 Å². The van der Waals surface area contributed by atoms with E-state index in [0.29, 0.717) is 24.0 Å². The first-order valence-electron chi connectivity index (χ1n) is 8.45. The molecular weight excluding hydrogens is 330 g/mol. The highest BCUT2D eigenvalue weighted by atomic mass is 16.5. The van der Waals surface area contributed by atoms with Crippen LogP contribution in [0.15, 0.2) is 47.5 Å². The molecule has 1 unspecified atom stereocenters. The van der Waals surface area contributed by atoms with Crippen molar-refractivity contribution in [3.63, 3.8) is 0 Å². The van der Waals surface area contributed by atoms with Crippen molar-refractivity contribution in [1.82, 2.24) is 5.32 Å². The number of nitrogens with one attached hydrogen (secondary N) is 2. The minimum Gasteiger partial charge on any atom is -0.496 e. The zero-order chi connectivity index (χ0) is 18.9. The molecule has 0 aliphatic heterocycles. The van der Waals surface area contributed by atoms with Crippen LogP contribution in [0.4, 0.5) is 5.69 Å². The molecule has 26 heavy (non-hydrogen) atoms. The standard InChI is InChI=1S/C20H27N3O3/c1-14(16-8-6-7-9-17(16)24-3)13-22-20(21-2)23-15-10-11-18(25-4)19(12-15)26-5/h6-12,14H,13H2,1-5H3,(H2,21,22,23). The first kappa shape index (κ1) is 19.4. The zero-order valence-corrected chi connectivity index (χ0v) is 16.0. The maximum atomic E-state index is 5.44. The molecule has 2 aromatic carbocycles. The molecule has 0 aliphatic rings. The molecule has 140 valence electrons. The lowest BCUT2D eigenvalue weighted by atomic mass is 10.0. The number of methoxy groups -OCH3 is 3. The van der Waals surface area contributed by atoms with E-state index in [9.17, 15) is 0 Å². The van der Waals surface area contributed by atoms with Crippen LogP contribution < -0.4 is 24.8 Å². The average Bonchev–Trinajstić information content (AvgIpc) is 2.70. The molecule has 0 aromatic heterocycles. The molecule has 6 heteroatoms. The topological polar surface area (TPSA) is 64.1 Å². The van der Waals surface area contributed by atoms with Crippen LogP contribution in [0.3, 0.4) is 0 Å². The number of anilines is 1. The molecule has 0 fully saturated rings. The Morgan fingerprint density at radius 1 is 0.962 bits per heavy atom. The lowest BCUT2D eigenvalue weighted by Gasteiger charge is -2.18. The van der Waals surface area contributed by atoms with Gasteiger partial charge in [0, 0.05) is 31.3 Å². The summed E-state index contributed by atoms with van der Waals surface area (Å²) in [5, 5.41) is 6.61. The molecule has 0 radical (unpaired) electrons. The van der Waals surface area contributed by atoms with Crippen LogP contribution in [-0.2, 0) is 0 Å². The Morgan fingerprint density at radius 3 is 2.31 bits per heavy atom. The molecule has 1 atom stereocenters. The second-order valence-corrected chi connectivity index (χ2v) is 5.79. The third-order valence-corrected chi connectivity index (χ3v) is 4.12. The first-order chi connectivity index (χ1) is 12.6. The molecule has 0 bridgehead atoms. The molecule has 0 saturated heterocycles. The Kier molecular flexibility index (Phi) is 7.14. The van der Waals surface area contributed by atoms with Crippen molar-refractivity contribution >= 4 is 11.6 Å². The lowest BCUT2D eigenvalue weighted by Crippen LogP contribution is -2.33. The highest BCUT2D eigenvalue weighted by Gasteiger charge is 2.12. The summed E-state index contributed by atoms with van der Waals surface area (Å²) < 4.78 is 16.0.